The molecule has 0 saturated heterocycles. The lowest BCUT2D eigenvalue weighted by molar-refractivity contribution is -0.127. The Labute approximate surface area is 201 Å². The molecule has 8 nitrogen and oxygen atoms in total. The molecule has 0 aliphatic carbocycles. The van der Waals surface area contributed by atoms with Crippen LogP contribution >= 0.6 is 0 Å². The molecule has 0 radical (unpaired) electrons. The maximum absolute atomic E-state index is 12.7. The third kappa shape index (κ3) is 9.88. The standard InChI is InChI=1S/C24H46N4O4Si/c1-11-18(2)19-17-26-28(15-13-12-14-25-22(30)31-23(3,4)5)20(19)16-21(29)27-32-33(9,10)24(6,7)8/h17-18H,11-16H2,1-10H3,(H,25,30)(H,27,29)/t18-/m1/s1. The van der Waals surface area contributed by atoms with Crippen LogP contribution in [0.15, 0.2) is 6.20 Å². The summed E-state index contributed by atoms with van der Waals surface area (Å²) in [6, 6.07) is 0. The number of hydroxylamine groups is 1. The summed E-state index contributed by atoms with van der Waals surface area (Å²) >= 11 is 0. The highest BCUT2D eigenvalue weighted by Gasteiger charge is 2.38. The fraction of sp³-hybridized carbons (Fsp3) is 0.792. The van der Waals surface area contributed by atoms with Crippen molar-refractivity contribution in [2.45, 2.75) is 117 Å². The van der Waals surface area contributed by atoms with Crippen molar-refractivity contribution in [1.29, 1.82) is 0 Å². The summed E-state index contributed by atoms with van der Waals surface area (Å²) in [6.45, 7) is 21.6. The first kappa shape index (κ1) is 29.2. The van der Waals surface area contributed by atoms with Crippen LogP contribution in [-0.2, 0) is 27.0 Å². The van der Waals surface area contributed by atoms with Gasteiger partial charge in [-0.05, 0) is 69.6 Å². The van der Waals surface area contributed by atoms with Gasteiger partial charge in [0.2, 0.25) is 14.2 Å². The molecule has 33 heavy (non-hydrogen) atoms. The first-order valence-electron chi connectivity index (χ1n) is 12.1. The van der Waals surface area contributed by atoms with Gasteiger partial charge >= 0.3 is 6.09 Å². The molecule has 0 spiro atoms. The number of hydrogen-bond donors (Lipinski definition) is 2. The van der Waals surface area contributed by atoms with Crippen molar-refractivity contribution in [3.63, 3.8) is 0 Å². The lowest BCUT2D eigenvalue weighted by atomic mass is 9.98. The molecule has 9 heteroatoms. The van der Waals surface area contributed by atoms with E-state index in [1.807, 2.05) is 31.6 Å². The van der Waals surface area contributed by atoms with Gasteiger partial charge in [0.1, 0.15) is 5.60 Å². The molecule has 190 valence electrons. The molecule has 2 amide bonds. The minimum absolute atomic E-state index is 0.0112. The zero-order chi connectivity index (χ0) is 25.4. The number of hydrogen-bond acceptors (Lipinski definition) is 5. The number of carbonyl (C=O) groups excluding carboxylic acids is 2. The summed E-state index contributed by atoms with van der Waals surface area (Å²) in [6.07, 6.45) is 4.29. The second-order valence-electron chi connectivity index (χ2n) is 11.3. The van der Waals surface area contributed by atoms with Gasteiger partial charge in [-0.15, -0.1) is 0 Å². The average Bonchev–Trinajstić information content (AvgIpc) is 3.05. The maximum atomic E-state index is 12.7. The van der Waals surface area contributed by atoms with Crippen LogP contribution in [0.4, 0.5) is 4.79 Å². The minimum atomic E-state index is -2.08. The van der Waals surface area contributed by atoms with Gasteiger partial charge in [-0.3, -0.25) is 9.48 Å². The van der Waals surface area contributed by atoms with Gasteiger partial charge in [0.15, 0.2) is 0 Å². The van der Waals surface area contributed by atoms with Crippen molar-refractivity contribution in [3.8, 4) is 0 Å². The van der Waals surface area contributed by atoms with Gasteiger partial charge in [-0.1, -0.05) is 34.6 Å². The van der Waals surface area contributed by atoms with Crippen LogP contribution in [-0.4, -0.2) is 42.2 Å². The second-order valence-corrected chi connectivity index (χ2v) is 16.0. The Bertz CT molecular complexity index is 778. The molecular formula is C24H46N4O4Si. The van der Waals surface area contributed by atoms with Gasteiger partial charge in [0, 0.05) is 13.1 Å². The van der Waals surface area contributed by atoms with Gasteiger partial charge in [-0.25, -0.2) is 10.3 Å². The van der Waals surface area contributed by atoms with E-state index < -0.39 is 20.0 Å². The van der Waals surface area contributed by atoms with Gasteiger partial charge in [0.05, 0.1) is 18.3 Å². The number of amides is 2. The van der Waals surface area contributed by atoms with E-state index in [0.717, 1.165) is 30.5 Å². The fourth-order valence-corrected chi connectivity index (χ4v) is 3.53. The molecule has 0 aliphatic heterocycles. The molecule has 0 aliphatic rings. The Morgan fingerprint density at radius 1 is 1.15 bits per heavy atom. The highest BCUT2D eigenvalue weighted by molar-refractivity contribution is 6.74. The van der Waals surface area contributed by atoms with E-state index in [4.69, 9.17) is 9.26 Å². The van der Waals surface area contributed by atoms with Crippen LogP contribution in [0.3, 0.4) is 0 Å². The molecule has 1 aromatic heterocycles. The lowest BCUT2D eigenvalue weighted by Gasteiger charge is -2.35. The maximum Gasteiger partial charge on any atom is 0.407 e. The van der Waals surface area contributed by atoms with Gasteiger partial charge in [0.25, 0.3) is 0 Å². The number of carbonyl (C=O) groups is 2. The summed E-state index contributed by atoms with van der Waals surface area (Å²) in [5.74, 6) is 0.161. The topological polar surface area (TPSA) is 94.5 Å². The number of rotatable bonds is 11. The largest absolute Gasteiger partial charge is 0.444 e. The SMILES string of the molecule is CC[C@@H](C)c1cnn(CCCCNC(=O)OC(C)(C)C)c1CC(=O)NO[Si](C)(C)C(C)(C)C. The van der Waals surface area contributed by atoms with Crippen LogP contribution in [0.5, 0.6) is 0 Å². The highest BCUT2D eigenvalue weighted by atomic mass is 28.4. The molecular weight excluding hydrogens is 436 g/mol. The third-order valence-electron chi connectivity index (χ3n) is 6.14. The highest BCUT2D eigenvalue weighted by Crippen LogP contribution is 2.35. The first-order chi connectivity index (χ1) is 15.1. The molecule has 0 fully saturated rings. The van der Waals surface area contributed by atoms with Crippen LogP contribution in [0.1, 0.15) is 91.8 Å². The van der Waals surface area contributed by atoms with E-state index in [1.165, 1.54) is 0 Å². The van der Waals surface area contributed by atoms with Crippen LogP contribution in [0.25, 0.3) is 0 Å². The molecule has 1 heterocycles. The molecule has 0 bridgehead atoms. The number of aryl methyl sites for hydroxylation is 1. The van der Waals surface area contributed by atoms with E-state index in [0.29, 0.717) is 19.0 Å². The number of ether oxygens (including phenoxy) is 1. The quantitative estimate of drug-likeness (QED) is 0.254. The summed E-state index contributed by atoms with van der Waals surface area (Å²) in [5, 5.41) is 7.35. The first-order valence-corrected chi connectivity index (χ1v) is 15.0. The van der Waals surface area contributed by atoms with Gasteiger partial charge in [-0.2, -0.15) is 5.10 Å². The number of nitrogens with one attached hydrogen (secondary N) is 2. The lowest BCUT2D eigenvalue weighted by Crippen LogP contribution is -2.47. The third-order valence-corrected chi connectivity index (χ3v) is 10.4. The molecule has 0 aromatic carbocycles. The Balaban J connectivity index is 2.71. The molecule has 1 rings (SSSR count). The molecule has 2 N–H and O–H groups in total. The smallest absolute Gasteiger partial charge is 0.407 e. The molecule has 0 unspecified atom stereocenters. The monoisotopic (exact) mass is 482 g/mol. The molecule has 1 aromatic rings. The predicted octanol–water partition coefficient (Wildman–Crippen LogP) is 5.30. The van der Waals surface area contributed by atoms with E-state index in [-0.39, 0.29) is 17.4 Å². The van der Waals surface area contributed by atoms with E-state index >= 15 is 0 Å². The Hall–Kier alpha value is -1.87. The Morgan fingerprint density at radius 3 is 2.33 bits per heavy atom. The second kappa shape index (κ2) is 12.0. The molecule has 1 atom stereocenters. The number of nitrogens with zero attached hydrogens (tertiary/aromatic N) is 2. The van der Waals surface area contributed by atoms with Gasteiger partial charge < -0.3 is 14.6 Å². The van der Waals surface area contributed by atoms with Crippen molar-refractivity contribution < 1.29 is 18.9 Å². The number of unbranched alkanes of at least 4 members (excludes halogenated alkanes) is 1. The minimum Gasteiger partial charge on any atom is -0.444 e. The van der Waals surface area contributed by atoms with Crippen LogP contribution in [0.2, 0.25) is 18.1 Å². The zero-order valence-electron chi connectivity index (χ0n) is 22.4. The zero-order valence-corrected chi connectivity index (χ0v) is 23.4. The normalized spacial score (nSPS) is 13.5. The number of alkyl carbamates (subject to hydrolysis) is 1. The van der Waals surface area contributed by atoms with Crippen molar-refractivity contribution in [3.05, 3.63) is 17.5 Å². The van der Waals surface area contributed by atoms with E-state index in [9.17, 15) is 9.59 Å². The number of aromatic nitrogens is 2. The Morgan fingerprint density at radius 2 is 1.79 bits per heavy atom. The van der Waals surface area contributed by atoms with Crippen molar-refractivity contribution in [1.82, 2.24) is 20.6 Å². The summed E-state index contributed by atoms with van der Waals surface area (Å²) in [5.41, 5.74) is 4.24. The fourth-order valence-electron chi connectivity index (χ4n) is 2.86. The van der Waals surface area contributed by atoms with Crippen molar-refractivity contribution >= 4 is 20.3 Å². The average molecular weight is 483 g/mol. The summed E-state index contributed by atoms with van der Waals surface area (Å²) < 4.78 is 13.1. The Kier molecular flexibility index (Phi) is 10.6. The van der Waals surface area contributed by atoms with E-state index in [1.54, 1.807) is 0 Å². The summed E-state index contributed by atoms with van der Waals surface area (Å²) in [7, 11) is -2.08. The predicted molar refractivity (Wildman–Crippen MR) is 135 cm³/mol. The molecule has 0 saturated carbocycles. The van der Waals surface area contributed by atoms with Crippen LogP contribution < -0.4 is 10.8 Å². The summed E-state index contributed by atoms with van der Waals surface area (Å²) in [4.78, 5) is 24.5. The van der Waals surface area contributed by atoms with Crippen molar-refractivity contribution in [2.75, 3.05) is 6.54 Å². The van der Waals surface area contributed by atoms with Crippen LogP contribution in [0, 0.1) is 0 Å². The van der Waals surface area contributed by atoms with Crippen molar-refractivity contribution in [2.24, 2.45) is 0 Å². The van der Waals surface area contributed by atoms with E-state index in [2.05, 4.69) is 63.6 Å².